The van der Waals surface area contributed by atoms with Gasteiger partial charge >= 0.3 is 0 Å². The number of carbonyl (C=O) groups is 1. The van der Waals surface area contributed by atoms with Crippen LogP contribution in [0.25, 0.3) is 11.1 Å². The largest absolute Gasteiger partial charge is 0.352 e. The first kappa shape index (κ1) is 20.1. The average Bonchev–Trinajstić information content (AvgIpc) is 2.69. The lowest BCUT2D eigenvalue weighted by molar-refractivity contribution is -0.120. The van der Waals surface area contributed by atoms with Crippen molar-refractivity contribution in [2.24, 2.45) is 0 Å². The van der Waals surface area contributed by atoms with Crippen LogP contribution in [0.1, 0.15) is 16.7 Å². The molecule has 0 unspecified atom stereocenters. The van der Waals surface area contributed by atoms with Gasteiger partial charge in [0.1, 0.15) is 0 Å². The van der Waals surface area contributed by atoms with E-state index in [9.17, 15) is 4.79 Å². The van der Waals surface area contributed by atoms with Gasteiger partial charge in [0, 0.05) is 18.1 Å². The first-order valence-electron chi connectivity index (χ1n) is 9.34. The number of hydrogen-bond donors (Lipinski definition) is 1. The molecule has 0 aliphatic rings. The van der Waals surface area contributed by atoms with Gasteiger partial charge in [-0.3, -0.25) is 4.79 Å². The third kappa shape index (κ3) is 5.69. The minimum Gasteiger partial charge on any atom is -0.352 e. The van der Waals surface area contributed by atoms with Gasteiger partial charge in [-0.1, -0.05) is 72.3 Å². The second-order valence-corrected chi connectivity index (χ2v) is 7.61. The van der Waals surface area contributed by atoms with Gasteiger partial charge in [0.15, 0.2) is 0 Å². The highest BCUT2D eigenvalue weighted by atomic mass is 35.5. The third-order valence-corrected chi connectivity index (χ3v) is 4.79. The summed E-state index contributed by atoms with van der Waals surface area (Å²) in [6, 6.07) is 24.2. The second-order valence-electron chi connectivity index (χ2n) is 7.17. The Morgan fingerprint density at radius 1 is 0.893 bits per heavy atom. The van der Waals surface area contributed by atoms with E-state index in [1.807, 2.05) is 24.3 Å². The Bertz CT molecular complexity index is 918. The summed E-state index contributed by atoms with van der Waals surface area (Å²) < 4.78 is 0. The van der Waals surface area contributed by atoms with Gasteiger partial charge in [0.25, 0.3) is 0 Å². The highest BCUT2D eigenvalue weighted by Crippen LogP contribution is 2.24. The van der Waals surface area contributed by atoms with Crippen molar-refractivity contribution in [1.29, 1.82) is 0 Å². The molecule has 28 heavy (non-hydrogen) atoms. The van der Waals surface area contributed by atoms with Crippen molar-refractivity contribution < 1.29 is 4.79 Å². The first-order chi connectivity index (χ1) is 13.5. The number of nitrogens with zero attached hydrogens (tertiary/aromatic N) is 1. The molecule has 3 aromatic rings. The lowest BCUT2D eigenvalue weighted by atomic mass is 9.98. The van der Waals surface area contributed by atoms with Crippen LogP contribution in [-0.4, -0.2) is 24.9 Å². The highest BCUT2D eigenvalue weighted by Gasteiger charge is 2.08. The van der Waals surface area contributed by atoms with Gasteiger partial charge in [-0.15, -0.1) is 0 Å². The molecule has 0 radical (unpaired) electrons. The molecule has 3 nitrogen and oxygen atoms in total. The van der Waals surface area contributed by atoms with Crippen LogP contribution in [0, 0.1) is 0 Å². The summed E-state index contributed by atoms with van der Waals surface area (Å²) >= 11 is 5.90. The zero-order chi connectivity index (χ0) is 19.9. The number of halogens is 1. The summed E-state index contributed by atoms with van der Waals surface area (Å²) in [4.78, 5) is 14.5. The predicted molar refractivity (Wildman–Crippen MR) is 116 cm³/mol. The molecule has 3 rings (SSSR count). The van der Waals surface area contributed by atoms with E-state index in [4.69, 9.17) is 11.6 Å². The molecule has 0 heterocycles. The Hall–Kier alpha value is -2.62. The van der Waals surface area contributed by atoms with Gasteiger partial charge in [0.05, 0.1) is 6.42 Å². The van der Waals surface area contributed by atoms with Crippen molar-refractivity contribution in [2.75, 3.05) is 14.1 Å². The van der Waals surface area contributed by atoms with Gasteiger partial charge in [-0.25, -0.2) is 0 Å². The number of nitrogens with one attached hydrogen (secondary N) is 1. The van der Waals surface area contributed by atoms with Crippen LogP contribution >= 0.6 is 11.6 Å². The van der Waals surface area contributed by atoms with Crippen LogP contribution in [0.3, 0.4) is 0 Å². The lowest BCUT2D eigenvalue weighted by Crippen LogP contribution is -2.24. The molecule has 4 heteroatoms. The van der Waals surface area contributed by atoms with Crippen molar-refractivity contribution in [3.63, 3.8) is 0 Å². The molecule has 144 valence electrons. The van der Waals surface area contributed by atoms with Crippen molar-refractivity contribution >= 4 is 17.5 Å². The normalized spacial score (nSPS) is 10.9. The van der Waals surface area contributed by atoms with Crippen LogP contribution in [-0.2, 0) is 24.3 Å². The number of amides is 1. The van der Waals surface area contributed by atoms with E-state index in [1.165, 1.54) is 5.56 Å². The maximum atomic E-state index is 12.3. The van der Waals surface area contributed by atoms with E-state index < -0.39 is 0 Å². The molecule has 0 bridgehead atoms. The third-order valence-electron chi connectivity index (χ3n) is 4.54. The molecule has 0 saturated carbocycles. The van der Waals surface area contributed by atoms with Crippen LogP contribution < -0.4 is 5.32 Å². The maximum absolute atomic E-state index is 12.3. The van der Waals surface area contributed by atoms with Crippen LogP contribution in [0.4, 0.5) is 0 Å². The molecular weight excluding hydrogens is 368 g/mol. The van der Waals surface area contributed by atoms with Crippen LogP contribution in [0.5, 0.6) is 0 Å². The van der Waals surface area contributed by atoms with E-state index in [-0.39, 0.29) is 5.91 Å². The van der Waals surface area contributed by atoms with Gasteiger partial charge < -0.3 is 10.2 Å². The van der Waals surface area contributed by atoms with Gasteiger partial charge in [-0.05, 0) is 54.0 Å². The van der Waals surface area contributed by atoms with Crippen molar-refractivity contribution in [3.8, 4) is 11.1 Å². The van der Waals surface area contributed by atoms with Crippen molar-refractivity contribution in [3.05, 3.63) is 94.5 Å². The molecule has 0 saturated heterocycles. The summed E-state index contributed by atoms with van der Waals surface area (Å²) in [5, 5.41) is 3.71. The van der Waals surface area contributed by atoms with E-state index in [2.05, 4.69) is 60.7 Å². The average molecular weight is 393 g/mol. The summed E-state index contributed by atoms with van der Waals surface area (Å²) in [5.41, 5.74) is 5.64. The fraction of sp³-hybridized carbons (Fsp3) is 0.208. The molecule has 3 aromatic carbocycles. The lowest BCUT2D eigenvalue weighted by Gasteiger charge is -2.13. The van der Waals surface area contributed by atoms with Crippen molar-refractivity contribution in [2.45, 2.75) is 19.5 Å². The van der Waals surface area contributed by atoms with Crippen LogP contribution in [0.2, 0.25) is 5.02 Å². The minimum atomic E-state index is -0.00143. The first-order valence-corrected chi connectivity index (χ1v) is 9.72. The second kappa shape index (κ2) is 9.54. The van der Waals surface area contributed by atoms with E-state index in [1.54, 1.807) is 12.1 Å². The molecule has 0 aliphatic carbocycles. The number of rotatable bonds is 7. The molecule has 0 spiro atoms. The molecule has 0 aliphatic heterocycles. The van der Waals surface area contributed by atoms with Gasteiger partial charge in [-0.2, -0.15) is 0 Å². The summed E-state index contributed by atoms with van der Waals surface area (Å²) in [6.07, 6.45) is 0.346. The fourth-order valence-corrected chi connectivity index (χ4v) is 3.28. The van der Waals surface area contributed by atoms with E-state index in [0.29, 0.717) is 18.0 Å². The standard InChI is InChI=1S/C24H25ClN2O/c1-27(2)17-19-7-11-20(12-8-19)23-6-4-3-5-21(23)16-26-24(28)15-18-9-13-22(25)14-10-18/h3-14H,15-17H2,1-2H3,(H,26,28). The Kier molecular flexibility index (Phi) is 6.85. The van der Waals surface area contributed by atoms with E-state index >= 15 is 0 Å². The number of carbonyl (C=O) groups excluding carboxylic acids is 1. The Morgan fingerprint density at radius 3 is 2.21 bits per heavy atom. The summed E-state index contributed by atoms with van der Waals surface area (Å²) in [6.45, 7) is 1.42. The predicted octanol–water partition coefficient (Wildman–Crippen LogP) is 4.93. The topological polar surface area (TPSA) is 32.3 Å². The zero-order valence-corrected chi connectivity index (χ0v) is 17.0. The summed E-state index contributed by atoms with van der Waals surface area (Å²) in [5.74, 6) is -0.00143. The van der Waals surface area contributed by atoms with Crippen LogP contribution in [0.15, 0.2) is 72.8 Å². The molecule has 0 fully saturated rings. The maximum Gasteiger partial charge on any atom is 0.224 e. The Balaban J connectivity index is 1.66. The molecule has 0 atom stereocenters. The SMILES string of the molecule is CN(C)Cc1ccc(-c2ccccc2CNC(=O)Cc2ccc(Cl)cc2)cc1. The highest BCUT2D eigenvalue weighted by molar-refractivity contribution is 6.30. The minimum absolute atomic E-state index is 0.00143. The molecular formula is C24H25ClN2O. The smallest absolute Gasteiger partial charge is 0.224 e. The zero-order valence-electron chi connectivity index (χ0n) is 16.3. The van der Waals surface area contributed by atoms with E-state index in [0.717, 1.165) is 28.8 Å². The fourth-order valence-electron chi connectivity index (χ4n) is 3.15. The number of hydrogen-bond acceptors (Lipinski definition) is 2. The van der Waals surface area contributed by atoms with Gasteiger partial charge in [0.2, 0.25) is 5.91 Å². The Morgan fingerprint density at radius 2 is 1.54 bits per heavy atom. The monoisotopic (exact) mass is 392 g/mol. The molecule has 0 aromatic heterocycles. The summed E-state index contributed by atoms with van der Waals surface area (Å²) in [7, 11) is 4.13. The van der Waals surface area contributed by atoms with Crippen molar-refractivity contribution in [1.82, 2.24) is 10.2 Å². The molecule has 1 N–H and O–H groups in total. The number of benzene rings is 3. The quantitative estimate of drug-likeness (QED) is 0.618. The molecule has 1 amide bonds. The Labute approximate surface area is 172 Å².